The van der Waals surface area contributed by atoms with Crippen molar-refractivity contribution in [2.45, 2.75) is 26.3 Å². The van der Waals surface area contributed by atoms with Crippen molar-refractivity contribution in [1.82, 2.24) is 10.6 Å². The molecule has 146 valence electrons. The molecule has 0 radical (unpaired) electrons. The number of carbonyl (C=O) groups excluding carboxylic acids is 2. The van der Waals surface area contributed by atoms with Crippen molar-refractivity contribution in [1.29, 1.82) is 0 Å². The van der Waals surface area contributed by atoms with E-state index in [4.69, 9.17) is 0 Å². The van der Waals surface area contributed by atoms with E-state index in [2.05, 4.69) is 10.6 Å². The number of benzene rings is 2. The Labute approximate surface area is 164 Å². The van der Waals surface area contributed by atoms with Gasteiger partial charge in [-0.3, -0.25) is 9.59 Å². The lowest BCUT2D eigenvalue weighted by molar-refractivity contribution is -0.141. The molecule has 0 fully saturated rings. The summed E-state index contributed by atoms with van der Waals surface area (Å²) in [5, 5.41) is 14.5. The summed E-state index contributed by atoms with van der Waals surface area (Å²) >= 11 is 0. The van der Waals surface area contributed by atoms with Gasteiger partial charge in [0, 0.05) is 5.56 Å². The molecule has 0 saturated heterocycles. The maximum atomic E-state index is 12.8. The number of carboxylic acid groups (broad SMARTS) is 1. The lowest BCUT2D eigenvalue weighted by atomic mass is 10.0. The first kappa shape index (κ1) is 20.9. The SMILES string of the molecule is CC(C)C[C@@H](NC(=O)/C(=C/c1ccccc1)NC(=O)c1ccccc1)C(=O)O. The lowest BCUT2D eigenvalue weighted by Gasteiger charge is -2.18. The van der Waals surface area contributed by atoms with Crippen molar-refractivity contribution < 1.29 is 19.5 Å². The Morgan fingerprint density at radius 2 is 1.54 bits per heavy atom. The van der Waals surface area contributed by atoms with Crippen LogP contribution in [0.1, 0.15) is 36.2 Å². The molecule has 2 amide bonds. The van der Waals surface area contributed by atoms with Gasteiger partial charge < -0.3 is 15.7 Å². The minimum Gasteiger partial charge on any atom is -0.480 e. The average molecular weight is 380 g/mol. The highest BCUT2D eigenvalue weighted by atomic mass is 16.4. The Morgan fingerprint density at radius 3 is 2.07 bits per heavy atom. The molecule has 0 aliphatic rings. The van der Waals surface area contributed by atoms with Gasteiger partial charge in [-0.1, -0.05) is 62.4 Å². The predicted molar refractivity (Wildman–Crippen MR) is 107 cm³/mol. The summed E-state index contributed by atoms with van der Waals surface area (Å²) in [5.74, 6) is -2.13. The fourth-order valence-corrected chi connectivity index (χ4v) is 2.59. The molecule has 2 aromatic rings. The summed E-state index contributed by atoms with van der Waals surface area (Å²) in [6, 6.07) is 16.5. The zero-order valence-electron chi connectivity index (χ0n) is 15.9. The molecule has 0 aliphatic carbocycles. The Kier molecular flexibility index (Phi) is 7.51. The predicted octanol–water partition coefficient (Wildman–Crippen LogP) is 3.07. The molecule has 6 nitrogen and oxygen atoms in total. The van der Waals surface area contributed by atoms with Gasteiger partial charge >= 0.3 is 5.97 Å². The van der Waals surface area contributed by atoms with E-state index < -0.39 is 23.8 Å². The fraction of sp³-hybridized carbons (Fsp3) is 0.227. The fourth-order valence-electron chi connectivity index (χ4n) is 2.59. The number of carbonyl (C=O) groups is 3. The molecule has 6 heteroatoms. The Morgan fingerprint density at radius 1 is 0.964 bits per heavy atom. The van der Waals surface area contributed by atoms with Crippen molar-refractivity contribution in [2.24, 2.45) is 5.92 Å². The number of amides is 2. The van der Waals surface area contributed by atoms with Crippen molar-refractivity contribution in [3.05, 3.63) is 77.5 Å². The number of hydrogen-bond donors (Lipinski definition) is 3. The van der Waals surface area contributed by atoms with Crippen LogP contribution in [0.3, 0.4) is 0 Å². The molecule has 1 atom stereocenters. The highest BCUT2D eigenvalue weighted by molar-refractivity contribution is 6.06. The van der Waals surface area contributed by atoms with Gasteiger partial charge in [0.2, 0.25) is 0 Å². The molecule has 0 unspecified atom stereocenters. The van der Waals surface area contributed by atoms with E-state index in [0.717, 1.165) is 0 Å². The van der Waals surface area contributed by atoms with E-state index in [1.807, 2.05) is 19.9 Å². The molecule has 0 bridgehead atoms. The Hall–Kier alpha value is -3.41. The zero-order valence-corrected chi connectivity index (χ0v) is 15.9. The van der Waals surface area contributed by atoms with Crippen LogP contribution in [0.15, 0.2) is 66.4 Å². The minimum atomic E-state index is -1.12. The van der Waals surface area contributed by atoms with Crippen LogP contribution in [-0.4, -0.2) is 28.9 Å². The van der Waals surface area contributed by atoms with Crippen molar-refractivity contribution in [2.75, 3.05) is 0 Å². The summed E-state index contributed by atoms with van der Waals surface area (Å²) in [5.41, 5.74) is 1.08. The first-order valence-electron chi connectivity index (χ1n) is 9.03. The Balaban J connectivity index is 2.27. The molecule has 2 rings (SSSR count). The van der Waals surface area contributed by atoms with Gasteiger partial charge in [0.25, 0.3) is 11.8 Å². The van der Waals surface area contributed by atoms with E-state index in [1.165, 1.54) is 6.08 Å². The van der Waals surface area contributed by atoms with Crippen LogP contribution in [0, 0.1) is 5.92 Å². The minimum absolute atomic E-state index is 0.0185. The second-order valence-electron chi connectivity index (χ2n) is 6.78. The molecular formula is C22H24N2O4. The van der Waals surface area contributed by atoms with Crippen LogP contribution in [0.5, 0.6) is 0 Å². The number of nitrogens with one attached hydrogen (secondary N) is 2. The third-order valence-electron chi connectivity index (χ3n) is 3.95. The molecule has 0 saturated carbocycles. The second kappa shape index (κ2) is 10.1. The molecule has 0 heterocycles. The van der Waals surface area contributed by atoms with Gasteiger partial charge in [-0.2, -0.15) is 0 Å². The van der Waals surface area contributed by atoms with Crippen molar-refractivity contribution in [3.8, 4) is 0 Å². The molecule has 0 aromatic heterocycles. The highest BCUT2D eigenvalue weighted by Gasteiger charge is 2.24. The maximum Gasteiger partial charge on any atom is 0.326 e. The van der Waals surface area contributed by atoms with Gasteiger partial charge in [0.1, 0.15) is 11.7 Å². The summed E-state index contributed by atoms with van der Waals surface area (Å²) < 4.78 is 0. The van der Waals surface area contributed by atoms with E-state index in [9.17, 15) is 19.5 Å². The van der Waals surface area contributed by atoms with Gasteiger partial charge in [0.15, 0.2) is 0 Å². The number of carboxylic acids is 1. The number of hydrogen-bond acceptors (Lipinski definition) is 3. The molecular weight excluding hydrogens is 356 g/mol. The van der Waals surface area contributed by atoms with Gasteiger partial charge in [0.05, 0.1) is 0 Å². The van der Waals surface area contributed by atoms with Crippen LogP contribution in [0.4, 0.5) is 0 Å². The number of rotatable bonds is 8. The summed E-state index contributed by atoms with van der Waals surface area (Å²) in [6.45, 7) is 3.75. The molecule has 0 spiro atoms. The first-order chi connectivity index (χ1) is 13.4. The maximum absolute atomic E-state index is 12.8. The zero-order chi connectivity index (χ0) is 20.5. The molecule has 2 aromatic carbocycles. The summed E-state index contributed by atoms with van der Waals surface area (Å²) in [6.07, 6.45) is 1.80. The highest BCUT2D eigenvalue weighted by Crippen LogP contribution is 2.10. The van der Waals surface area contributed by atoms with E-state index >= 15 is 0 Å². The number of aliphatic carboxylic acids is 1. The van der Waals surface area contributed by atoms with E-state index in [0.29, 0.717) is 11.1 Å². The van der Waals surface area contributed by atoms with Crippen molar-refractivity contribution >= 4 is 23.9 Å². The Bertz CT molecular complexity index is 845. The molecule has 3 N–H and O–H groups in total. The molecule has 28 heavy (non-hydrogen) atoms. The third-order valence-corrected chi connectivity index (χ3v) is 3.95. The van der Waals surface area contributed by atoms with E-state index in [1.54, 1.807) is 54.6 Å². The van der Waals surface area contributed by atoms with Gasteiger partial charge in [-0.15, -0.1) is 0 Å². The quantitative estimate of drug-likeness (QED) is 0.613. The van der Waals surface area contributed by atoms with Gasteiger partial charge in [-0.05, 0) is 36.1 Å². The average Bonchev–Trinajstić information content (AvgIpc) is 2.68. The lowest BCUT2D eigenvalue weighted by Crippen LogP contribution is -2.45. The van der Waals surface area contributed by atoms with Crippen LogP contribution in [-0.2, 0) is 9.59 Å². The van der Waals surface area contributed by atoms with E-state index in [-0.39, 0.29) is 18.0 Å². The first-order valence-corrected chi connectivity index (χ1v) is 9.03. The standard InChI is InChI=1S/C22H24N2O4/c1-15(2)13-19(22(27)28)24-21(26)18(14-16-9-5-3-6-10-16)23-20(25)17-11-7-4-8-12-17/h3-12,14-15,19H,13H2,1-2H3,(H,23,25)(H,24,26)(H,27,28)/b18-14-/t19-/m1/s1. The smallest absolute Gasteiger partial charge is 0.326 e. The second-order valence-corrected chi connectivity index (χ2v) is 6.78. The van der Waals surface area contributed by atoms with Crippen molar-refractivity contribution in [3.63, 3.8) is 0 Å². The topological polar surface area (TPSA) is 95.5 Å². The third kappa shape index (κ3) is 6.39. The van der Waals surface area contributed by atoms with Gasteiger partial charge in [-0.25, -0.2) is 4.79 Å². The normalized spacial score (nSPS) is 12.3. The monoisotopic (exact) mass is 380 g/mol. The summed E-state index contributed by atoms with van der Waals surface area (Å²) in [7, 11) is 0. The van der Waals surface area contributed by atoms with Crippen LogP contribution >= 0.6 is 0 Å². The van der Waals surface area contributed by atoms with Crippen LogP contribution in [0.2, 0.25) is 0 Å². The largest absolute Gasteiger partial charge is 0.480 e. The summed E-state index contributed by atoms with van der Waals surface area (Å²) in [4.78, 5) is 36.7. The van der Waals surface area contributed by atoms with Crippen LogP contribution < -0.4 is 10.6 Å². The van der Waals surface area contributed by atoms with Crippen LogP contribution in [0.25, 0.3) is 6.08 Å². The molecule has 0 aliphatic heterocycles.